The first-order valence-corrected chi connectivity index (χ1v) is 6.66. The fourth-order valence-corrected chi connectivity index (χ4v) is 3.30. The number of aromatic nitrogens is 1. The van der Waals surface area contributed by atoms with Crippen LogP contribution in [-0.2, 0) is 6.42 Å². The third kappa shape index (κ3) is 1.93. The second-order valence-corrected chi connectivity index (χ2v) is 5.61. The topological polar surface area (TPSA) is 12.9 Å². The number of benzene rings is 1. The van der Waals surface area contributed by atoms with Crippen LogP contribution < -0.4 is 0 Å². The van der Waals surface area contributed by atoms with Gasteiger partial charge in [0.15, 0.2) is 4.34 Å². The number of nitrogens with zero attached hydrogens (tertiary/aromatic N) is 1. The Labute approximate surface area is 92.6 Å². The lowest BCUT2D eigenvalue weighted by atomic mass is 10.2. The van der Waals surface area contributed by atoms with Crippen molar-refractivity contribution in [1.82, 2.24) is 4.98 Å². The lowest BCUT2D eigenvalue weighted by Gasteiger charge is -1.93. The van der Waals surface area contributed by atoms with Crippen LogP contribution in [-0.4, -0.2) is 10.7 Å². The molecule has 0 N–H and O–H groups in total. The lowest BCUT2D eigenvalue weighted by Crippen LogP contribution is -1.78. The molecule has 0 atom stereocenters. The molecule has 0 spiro atoms. The van der Waals surface area contributed by atoms with Crippen LogP contribution >= 0.6 is 23.1 Å². The molecule has 1 aromatic carbocycles. The van der Waals surface area contributed by atoms with E-state index in [1.807, 2.05) is 11.8 Å². The fraction of sp³-hybridized carbons (Fsp3) is 0.364. The average Bonchev–Trinajstić information content (AvgIpc) is 2.59. The van der Waals surface area contributed by atoms with Gasteiger partial charge >= 0.3 is 0 Å². The highest BCUT2D eigenvalue weighted by Gasteiger charge is 2.03. The van der Waals surface area contributed by atoms with Crippen molar-refractivity contribution in [3.05, 3.63) is 23.8 Å². The molecule has 0 bridgehead atoms. The number of rotatable bonds is 3. The minimum Gasteiger partial charge on any atom is -0.230 e. The van der Waals surface area contributed by atoms with Crippen molar-refractivity contribution in [2.24, 2.45) is 0 Å². The second-order valence-electron chi connectivity index (χ2n) is 3.07. The van der Waals surface area contributed by atoms with Gasteiger partial charge in [-0.1, -0.05) is 31.7 Å². The standard InChI is InChI=1S/C11H13NS2/c1-3-8-5-6-10-9(7-8)12-11(14-10)13-4-2/h5-7H,3-4H2,1-2H3. The largest absolute Gasteiger partial charge is 0.230 e. The van der Waals surface area contributed by atoms with Crippen molar-refractivity contribution in [3.63, 3.8) is 0 Å². The summed E-state index contributed by atoms with van der Waals surface area (Å²) >= 11 is 3.61. The Hall–Kier alpha value is -0.540. The number of fused-ring (bicyclic) bond motifs is 1. The quantitative estimate of drug-likeness (QED) is 0.730. The molecule has 1 heterocycles. The molecule has 14 heavy (non-hydrogen) atoms. The molecule has 0 saturated heterocycles. The van der Waals surface area contributed by atoms with Crippen molar-refractivity contribution in [2.45, 2.75) is 24.6 Å². The molecular weight excluding hydrogens is 210 g/mol. The van der Waals surface area contributed by atoms with Crippen LogP contribution in [0.3, 0.4) is 0 Å². The van der Waals surface area contributed by atoms with Gasteiger partial charge in [0.25, 0.3) is 0 Å². The van der Waals surface area contributed by atoms with E-state index in [1.165, 1.54) is 14.6 Å². The molecule has 3 heteroatoms. The van der Waals surface area contributed by atoms with Crippen LogP contribution in [0.25, 0.3) is 10.2 Å². The van der Waals surface area contributed by atoms with Gasteiger partial charge in [0.1, 0.15) is 0 Å². The van der Waals surface area contributed by atoms with Gasteiger partial charge in [-0.2, -0.15) is 0 Å². The number of thiazole rings is 1. The minimum absolute atomic E-state index is 1.09. The zero-order valence-corrected chi connectivity index (χ0v) is 10.0. The third-order valence-electron chi connectivity index (χ3n) is 2.11. The molecule has 0 radical (unpaired) electrons. The fourth-order valence-electron chi connectivity index (χ4n) is 1.36. The Morgan fingerprint density at radius 1 is 1.36 bits per heavy atom. The van der Waals surface area contributed by atoms with Gasteiger partial charge in [-0.15, -0.1) is 11.3 Å². The molecule has 2 aromatic rings. The van der Waals surface area contributed by atoms with E-state index < -0.39 is 0 Å². The minimum atomic E-state index is 1.09. The molecule has 0 unspecified atom stereocenters. The summed E-state index contributed by atoms with van der Waals surface area (Å²) < 4.78 is 2.49. The van der Waals surface area contributed by atoms with Gasteiger partial charge in [-0.05, 0) is 29.9 Å². The summed E-state index contributed by atoms with van der Waals surface area (Å²) in [5.41, 5.74) is 2.53. The van der Waals surface area contributed by atoms with E-state index in [4.69, 9.17) is 0 Å². The zero-order valence-electron chi connectivity index (χ0n) is 8.41. The summed E-state index contributed by atoms with van der Waals surface area (Å²) in [6.07, 6.45) is 1.09. The van der Waals surface area contributed by atoms with Crippen LogP contribution in [0.1, 0.15) is 19.4 Å². The average molecular weight is 223 g/mol. The van der Waals surface area contributed by atoms with Gasteiger partial charge in [0.2, 0.25) is 0 Å². The van der Waals surface area contributed by atoms with E-state index >= 15 is 0 Å². The van der Waals surface area contributed by atoms with Crippen molar-refractivity contribution in [2.75, 3.05) is 5.75 Å². The van der Waals surface area contributed by atoms with Crippen LogP contribution in [0, 0.1) is 0 Å². The molecule has 0 aliphatic rings. The van der Waals surface area contributed by atoms with E-state index in [0.717, 1.165) is 17.7 Å². The van der Waals surface area contributed by atoms with Crippen molar-refractivity contribution >= 4 is 33.3 Å². The van der Waals surface area contributed by atoms with Crippen molar-refractivity contribution in [3.8, 4) is 0 Å². The monoisotopic (exact) mass is 223 g/mol. The summed E-state index contributed by atoms with van der Waals surface area (Å²) in [7, 11) is 0. The molecule has 0 fully saturated rings. The molecule has 0 aliphatic carbocycles. The summed E-state index contributed by atoms with van der Waals surface area (Å²) in [6, 6.07) is 6.58. The van der Waals surface area contributed by atoms with Crippen LogP contribution in [0.5, 0.6) is 0 Å². The summed E-state index contributed by atoms with van der Waals surface area (Å²) in [6.45, 7) is 4.34. The molecule has 0 saturated carbocycles. The smallest absolute Gasteiger partial charge is 0.151 e. The number of hydrogen-bond acceptors (Lipinski definition) is 3. The Morgan fingerprint density at radius 2 is 2.21 bits per heavy atom. The molecule has 1 aromatic heterocycles. The molecule has 74 valence electrons. The highest BCUT2D eigenvalue weighted by atomic mass is 32.2. The van der Waals surface area contributed by atoms with E-state index in [1.54, 1.807) is 11.3 Å². The second kappa shape index (κ2) is 4.32. The summed E-state index contributed by atoms with van der Waals surface area (Å²) in [5.74, 6) is 1.10. The molecule has 2 rings (SSSR count). The Morgan fingerprint density at radius 3 is 2.93 bits per heavy atom. The first-order valence-electron chi connectivity index (χ1n) is 4.85. The number of hydrogen-bond donors (Lipinski definition) is 0. The Bertz CT molecular complexity index is 434. The van der Waals surface area contributed by atoms with E-state index in [9.17, 15) is 0 Å². The highest BCUT2D eigenvalue weighted by Crippen LogP contribution is 2.29. The predicted octanol–water partition coefficient (Wildman–Crippen LogP) is 3.97. The maximum atomic E-state index is 4.59. The lowest BCUT2D eigenvalue weighted by molar-refractivity contribution is 1.14. The van der Waals surface area contributed by atoms with E-state index in [-0.39, 0.29) is 0 Å². The van der Waals surface area contributed by atoms with Crippen LogP contribution in [0.4, 0.5) is 0 Å². The highest BCUT2D eigenvalue weighted by molar-refractivity contribution is 8.01. The summed E-state index contributed by atoms with van der Waals surface area (Å²) in [4.78, 5) is 4.59. The SMILES string of the molecule is CCSc1nc2cc(CC)ccc2s1. The first kappa shape index (κ1) is 9.99. The first-order chi connectivity index (χ1) is 6.83. The number of aryl methyl sites for hydroxylation is 1. The summed E-state index contributed by atoms with van der Waals surface area (Å²) in [5, 5.41) is 0. The third-order valence-corrected chi connectivity index (χ3v) is 4.17. The maximum Gasteiger partial charge on any atom is 0.151 e. The number of thioether (sulfide) groups is 1. The molecule has 0 aliphatic heterocycles. The molecule has 1 nitrogen and oxygen atoms in total. The molecular formula is C11H13NS2. The normalized spacial score (nSPS) is 11.0. The zero-order chi connectivity index (χ0) is 9.97. The van der Waals surface area contributed by atoms with Gasteiger partial charge in [0.05, 0.1) is 10.2 Å². The Kier molecular flexibility index (Phi) is 3.08. The predicted molar refractivity (Wildman–Crippen MR) is 65.4 cm³/mol. The van der Waals surface area contributed by atoms with Gasteiger partial charge in [0, 0.05) is 0 Å². The Balaban J connectivity index is 2.43. The van der Waals surface area contributed by atoms with Gasteiger partial charge in [-0.25, -0.2) is 4.98 Å². The van der Waals surface area contributed by atoms with E-state index in [2.05, 4.69) is 37.0 Å². The molecule has 0 amide bonds. The van der Waals surface area contributed by atoms with Crippen LogP contribution in [0.15, 0.2) is 22.5 Å². The van der Waals surface area contributed by atoms with Crippen molar-refractivity contribution in [1.29, 1.82) is 0 Å². The van der Waals surface area contributed by atoms with Gasteiger partial charge in [-0.3, -0.25) is 0 Å². The van der Waals surface area contributed by atoms with Crippen LogP contribution in [0.2, 0.25) is 0 Å². The maximum absolute atomic E-state index is 4.59. The van der Waals surface area contributed by atoms with Gasteiger partial charge < -0.3 is 0 Å². The van der Waals surface area contributed by atoms with E-state index in [0.29, 0.717) is 0 Å². The van der Waals surface area contributed by atoms with Crippen molar-refractivity contribution < 1.29 is 0 Å².